The number of para-hydroxylation sites is 1. The van der Waals surface area contributed by atoms with Crippen molar-refractivity contribution in [2.24, 2.45) is 0 Å². The van der Waals surface area contributed by atoms with E-state index >= 15 is 0 Å². The molecule has 3 aromatic carbocycles. The van der Waals surface area contributed by atoms with Gasteiger partial charge in [0.15, 0.2) is 0 Å². The summed E-state index contributed by atoms with van der Waals surface area (Å²) in [6.07, 6.45) is -3.16. The van der Waals surface area contributed by atoms with Crippen LogP contribution in [0.25, 0.3) is 17.1 Å². The molecule has 0 aliphatic carbocycles. The van der Waals surface area contributed by atoms with E-state index in [0.29, 0.717) is 32.1 Å². The van der Waals surface area contributed by atoms with E-state index in [9.17, 15) is 18.0 Å². The normalized spacial score (nSPS) is 11.4. The molecule has 1 heterocycles. The summed E-state index contributed by atoms with van der Waals surface area (Å²) in [4.78, 5) is 17.2. The molecule has 5 nitrogen and oxygen atoms in total. The molecule has 1 amide bonds. The smallest absolute Gasteiger partial charge is 0.299 e. The third-order valence-corrected chi connectivity index (χ3v) is 5.57. The summed E-state index contributed by atoms with van der Waals surface area (Å²) in [7, 11) is 0. The van der Waals surface area contributed by atoms with E-state index in [4.69, 9.17) is 34.8 Å². The molecule has 1 aromatic heterocycles. The Bertz CT molecular complexity index is 1350. The summed E-state index contributed by atoms with van der Waals surface area (Å²) in [5.41, 5.74) is 4.36. The quantitative estimate of drug-likeness (QED) is 0.269. The summed E-state index contributed by atoms with van der Waals surface area (Å²) in [6.45, 7) is 0. The molecule has 4 aromatic rings. The maximum atomic E-state index is 13.2. The predicted octanol–water partition coefficient (Wildman–Crippen LogP) is 7.28. The number of benzene rings is 3. The van der Waals surface area contributed by atoms with Crippen molar-refractivity contribution in [1.29, 1.82) is 0 Å². The number of carbonyl (C=O) groups is 1. The molecular weight excluding hydrogens is 512 g/mol. The summed E-state index contributed by atoms with van der Waals surface area (Å²) >= 11 is 18.5. The number of rotatable bonds is 5. The lowest BCUT2D eigenvalue weighted by molar-refractivity contribution is -0.137. The van der Waals surface area contributed by atoms with Crippen LogP contribution >= 0.6 is 34.8 Å². The Morgan fingerprint density at radius 3 is 2.29 bits per heavy atom. The van der Waals surface area contributed by atoms with Gasteiger partial charge in [-0.3, -0.25) is 20.2 Å². The van der Waals surface area contributed by atoms with Crippen LogP contribution < -0.4 is 10.9 Å². The Hall–Kier alpha value is -3.20. The molecule has 2 N–H and O–H groups in total. The lowest BCUT2D eigenvalue weighted by Crippen LogP contribution is -2.30. The Morgan fingerprint density at radius 2 is 1.59 bits per heavy atom. The Morgan fingerprint density at radius 1 is 0.912 bits per heavy atom. The van der Waals surface area contributed by atoms with Crippen molar-refractivity contribution in [2.45, 2.75) is 6.18 Å². The molecule has 0 bridgehead atoms. The van der Waals surface area contributed by atoms with E-state index in [1.165, 1.54) is 24.4 Å². The third kappa shape index (κ3) is 5.14. The van der Waals surface area contributed by atoms with Gasteiger partial charge < -0.3 is 0 Å². The van der Waals surface area contributed by atoms with Gasteiger partial charge in [0.2, 0.25) is 0 Å². The van der Waals surface area contributed by atoms with Gasteiger partial charge in [-0.15, -0.1) is 0 Å². The maximum absolute atomic E-state index is 13.2. The highest BCUT2D eigenvalue weighted by Gasteiger charge is 2.33. The van der Waals surface area contributed by atoms with Crippen LogP contribution in [-0.4, -0.2) is 15.5 Å². The highest BCUT2D eigenvalue weighted by atomic mass is 35.5. The fourth-order valence-corrected chi connectivity index (χ4v) is 3.67. The van der Waals surface area contributed by atoms with E-state index < -0.39 is 17.6 Å². The van der Waals surface area contributed by atoms with E-state index in [0.717, 1.165) is 6.07 Å². The minimum absolute atomic E-state index is 0.0713. The standard InChI is InChI=1S/C23H14Cl3F3N4O/c24-13-5-8-15(9-6-13)33-12-20(30-21(33)16-11-14(25)7-10-18(16)26)22(34)32-31-19-4-2-1-3-17(19)23(27,28)29/h1-12,31H,(H,32,34). The number of amides is 1. The largest absolute Gasteiger partial charge is 0.418 e. The molecule has 0 atom stereocenters. The zero-order valence-electron chi connectivity index (χ0n) is 17.0. The highest BCUT2D eigenvalue weighted by molar-refractivity contribution is 6.35. The van der Waals surface area contributed by atoms with Crippen LogP contribution in [0.4, 0.5) is 18.9 Å². The van der Waals surface area contributed by atoms with Crippen molar-refractivity contribution in [1.82, 2.24) is 15.0 Å². The summed E-state index contributed by atoms with van der Waals surface area (Å²) in [5.74, 6) is -0.459. The van der Waals surface area contributed by atoms with Gasteiger partial charge >= 0.3 is 6.18 Å². The Balaban J connectivity index is 1.70. The number of hydrogen-bond acceptors (Lipinski definition) is 3. The van der Waals surface area contributed by atoms with Crippen LogP contribution in [-0.2, 0) is 6.18 Å². The molecule has 0 fully saturated rings. The molecule has 0 aliphatic rings. The molecule has 0 saturated carbocycles. The first-order chi connectivity index (χ1) is 16.1. The molecule has 174 valence electrons. The van der Waals surface area contributed by atoms with Crippen molar-refractivity contribution in [3.8, 4) is 17.1 Å². The highest BCUT2D eigenvalue weighted by Crippen LogP contribution is 2.35. The first kappa shape index (κ1) is 23.9. The number of halogens is 6. The average molecular weight is 526 g/mol. The van der Waals surface area contributed by atoms with Gasteiger partial charge in [0.05, 0.1) is 16.3 Å². The van der Waals surface area contributed by atoms with Gasteiger partial charge in [-0.2, -0.15) is 13.2 Å². The fourth-order valence-electron chi connectivity index (χ4n) is 3.17. The second-order valence-corrected chi connectivity index (χ2v) is 8.32. The number of imidazole rings is 1. The second kappa shape index (κ2) is 9.58. The van der Waals surface area contributed by atoms with E-state index in [2.05, 4.69) is 15.8 Å². The molecule has 4 rings (SSSR count). The summed E-state index contributed by atoms with van der Waals surface area (Å²) in [6, 6.07) is 16.3. The van der Waals surface area contributed by atoms with Gasteiger partial charge in [-0.05, 0) is 54.6 Å². The molecule has 34 heavy (non-hydrogen) atoms. The number of anilines is 1. The van der Waals surface area contributed by atoms with Crippen LogP contribution in [0.1, 0.15) is 16.1 Å². The zero-order chi connectivity index (χ0) is 24.5. The van der Waals surface area contributed by atoms with E-state index in [1.807, 2.05) is 0 Å². The lowest BCUT2D eigenvalue weighted by atomic mass is 10.2. The van der Waals surface area contributed by atoms with Crippen LogP contribution in [0.15, 0.2) is 72.9 Å². The number of alkyl halides is 3. The number of aromatic nitrogens is 2. The summed E-state index contributed by atoms with van der Waals surface area (Å²) in [5, 5.41) is 1.26. The van der Waals surface area contributed by atoms with Gasteiger partial charge in [0.1, 0.15) is 11.5 Å². The number of carbonyl (C=O) groups excluding carboxylic acids is 1. The molecule has 0 spiro atoms. The molecule has 0 unspecified atom stereocenters. The van der Waals surface area contributed by atoms with Gasteiger partial charge in [-0.25, -0.2) is 4.98 Å². The molecule has 11 heteroatoms. The SMILES string of the molecule is O=C(NNc1ccccc1C(F)(F)F)c1cn(-c2ccc(Cl)cc2)c(-c2cc(Cl)ccc2Cl)n1. The number of nitrogens with one attached hydrogen (secondary N) is 2. The van der Waals surface area contributed by atoms with E-state index in [1.54, 1.807) is 47.0 Å². The van der Waals surface area contributed by atoms with Gasteiger partial charge in [-0.1, -0.05) is 46.9 Å². The molecular formula is C23H14Cl3F3N4O. The second-order valence-electron chi connectivity index (χ2n) is 7.04. The molecule has 0 saturated heterocycles. The van der Waals surface area contributed by atoms with Crippen LogP contribution in [0.5, 0.6) is 0 Å². The predicted molar refractivity (Wildman–Crippen MR) is 127 cm³/mol. The van der Waals surface area contributed by atoms with Crippen molar-refractivity contribution in [2.75, 3.05) is 5.43 Å². The van der Waals surface area contributed by atoms with Crippen LogP contribution in [0, 0.1) is 0 Å². The maximum Gasteiger partial charge on any atom is 0.418 e. The van der Waals surface area contributed by atoms with Gasteiger partial charge in [0, 0.05) is 27.5 Å². The van der Waals surface area contributed by atoms with Crippen molar-refractivity contribution in [3.63, 3.8) is 0 Å². The first-order valence-corrected chi connectivity index (χ1v) is 10.8. The van der Waals surface area contributed by atoms with Crippen molar-refractivity contribution >= 4 is 46.4 Å². The van der Waals surface area contributed by atoms with Gasteiger partial charge in [0.25, 0.3) is 5.91 Å². The van der Waals surface area contributed by atoms with Crippen LogP contribution in [0.2, 0.25) is 15.1 Å². The zero-order valence-corrected chi connectivity index (χ0v) is 19.3. The number of hydrogen-bond donors (Lipinski definition) is 2. The fraction of sp³-hybridized carbons (Fsp3) is 0.0435. The third-order valence-electron chi connectivity index (χ3n) is 4.76. The van der Waals surface area contributed by atoms with Crippen LogP contribution in [0.3, 0.4) is 0 Å². The average Bonchev–Trinajstić information content (AvgIpc) is 3.24. The molecule has 0 aliphatic heterocycles. The Kier molecular flexibility index (Phi) is 6.74. The minimum Gasteiger partial charge on any atom is -0.299 e. The lowest BCUT2D eigenvalue weighted by Gasteiger charge is -2.14. The topological polar surface area (TPSA) is 59.0 Å². The van der Waals surface area contributed by atoms with Crippen molar-refractivity contribution in [3.05, 3.63) is 99.3 Å². The Labute approximate surface area is 207 Å². The number of nitrogens with zero attached hydrogens (tertiary/aromatic N) is 2. The van der Waals surface area contributed by atoms with Crippen molar-refractivity contribution < 1.29 is 18.0 Å². The monoisotopic (exact) mass is 524 g/mol. The summed E-state index contributed by atoms with van der Waals surface area (Å²) < 4.78 is 41.3. The number of hydrazine groups is 1. The minimum atomic E-state index is -4.60. The molecule has 0 radical (unpaired) electrons. The van der Waals surface area contributed by atoms with E-state index in [-0.39, 0.29) is 11.4 Å². The first-order valence-electron chi connectivity index (χ1n) is 9.67.